The second kappa shape index (κ2) is 14.3. The highest BCUT2D eigenvalue weighted by atomic mass is 19.4. The molecule has 2 amide bonds. The normalized spacial score (nSPS) is 14.2. The molecule has 0 aromatic heterocycles. The number of hydrogen-bond donors (Lipinski definition) is 3. The molecule has 4 rings (SSSR count). The van der Waals surface area contributed by atoms with E-state index in [0.29, 0.717) is 18.7 Å². The van der Waals surface area contributed by atoms with Crippen molar-refractivity contribution >= 4 is 28.6 Å². The van der Waals surface area contributed by atoms with Gasteiger partial charge in [0.15, 0.2) is 0 Å². The highest BCUT2D eigenvalue weighted by Crippen LogP contribution is 2.18. The molecule has 0 spiro atoms. The number of rotatable bonds is 8. The van der Waals surface area contributed by atoms with Crippen molar-refractivity contribution in [3.8, 4) is 0 Å². The van der Waals surface area contributed by atoms with E-state index in [0.717, 1.165) is 49.7 Å². The molecule has 208 valence electrons. The largest absolute Gasteiger partial charge is 0.490 e. The first-order chi connectivity index (χ1) is 18.6. The molecule has 3 aromatic carbocycles. The Kier molecular flexibility index (Phi) is 10.9. The topological polar surface area (TPSA) is 98.7 Å². The summed E-state index contributed by atoms with van der Waals surface area (Å²) in [7, 11) is 0. The Morgan fingerprint density at radius 3 is 2.10 bits per heavy atom. The van der Waals surface area contributed by atoms with Gasteiger partial charge in [0.05, 0.1) is 0 Å². The monoisotopic (exact) mass is 543 g/mol. The van der Waals surface area contributed by atoms with Gasteiger partial charge in [0, 0.05) is 31.1 Å². The quantitative estimate of drug-likeness (QED) is 0.394. The zero-order chi connectivity index (χ0) is 28.3. The molecule has 10 heteroatoms. The van der Waals surface area contributed by atoms with E-state index in [-0.39, 0.29) is 17.7 Å². The number of benzene rings is 3. The summed E-state index contributed by atoms with van der Waals surface area (Å²) in [6, 6.07) is 24.1. The molecule has 0 radical (unpaired) electrons. The van der Waals surface area contributed by atoms with Crippen LogP contribution in [0.25, 0.3) is 10.8 Å². The number of nitrogens with zero attached hydrogens (tertiary/aromatic N) is 1. The molecular weight excluding hydrogens is 511 g/mol. The molecule has 1 heterocycles. The van der Waals surface area contributed by atoms with Gasteiger partial charge in [-0.2, -0.15) is 13.2 Å². The third-order valence-corrected chi connectivity index (χ3v) is 6.48. The van der Waals surface area contributed by atoms with Crippen molar-refractivity contribution in [1.29, 1.82) is 0 Å². The Hall–Kier alpha value is -3.92. The third-order valence-electron chi connectivity index (χ3n) is 6.48. The first-order valence-corrected chi connectivity index (χ1v) is 12.7. The minimum atomic E-state index is -5.08. The molecule has 1 fully saturated rings. The number of carboxylic acid groups (broad SMARTS) is 1. The van der Waals surface area contributed by atoms with Gasteiger partial charge in [-0.15, -0.1) is 0 Å². The molecule has 1 aliphatic heterocycles. The van der Waals surface area contributed by atoms with E-state index in [1.807, 2.05) is 60.7 Å². The van der Waals surface area contributed by atoms with Crippen LogP contribution in [0.15, 0.2) is 72.8 Å². The number of carboxylic acids is 1. The van der Waals surface area contributed by atoms with E-state index in [1.54, 1.807) is 0 Å². The highest BCUT2D eigenvalue weighted by Gasteiger charge is 2.38. The molecule has 0 saturated carbocycles. The van der Waals surface area contributed by atoms with Crippen LogP contribution in [-0.4, -0.2) is 66.7 Å². The van der Waals surface area contributed by atoms with Gasteiger partial charge in [0.2, 0.25) is 5.91 Å². The Morgan fingerprint density at radius 1 is 0.846 bits per heavy atom. The number of alkyl halides is 3. The Balaban J connectivity index is 0.000000532. The van der Waals surface area contributed by atoms with Gasteiger partial charge in [-0.1, -0.05) is 60.7 Å². The fraction of sp³-hybridized carbons (Fsp3) is 0.345. The van der Waals surface area contributed by atoms with Crippen molar-refractivity contribution in [2.45, 2.75) is 25.4 Å². The van der Waals surface area contributed by atoms with E-state index in [1.165, 1.54) is 5.56 Å². The lowest BCUT2D eigenvalue weighted by Crippen LogP contribution is -2.43. The van der Waals surface area contributed by atoms with Gasteiger partial charge >= 0.3 is 12.1 Å². The van der Waals surface area contributed by atoms with Crippen molar-refractivity contribution < 1.29 is 32.7 Å². The molecule has 3 aromatic rings. The van der Waals surface area contributed by atoms with Crippen molar-refractivity contribution in [3.63, 3.8) is 0 Å². The number of aliphatic carboxylic acids is 1. The Labute approximate surface area is 225 Å². The van der Waals surface area contributed by atoms with Crippen LogP contribution in [0.4, 0.5) is 13.2 Å². The molecule has 1 aliphatic rings. The van der Waals surface area contributed by atoms with Gasteiger partial charge < -0.3 is 20.6 Å². The van der Waals surface area contributed by atoms with Gasteiger partial charge in [0.25, 0.3) is 5.91 Å². The molecule has 3 N–H and O–H groups in total. The van der Waals surface area contributed by atoms with Crippen LogP contribution in [-0.2, 0) is 16.0 Å². The van der Waals surface area contributed by atoms with Crippen LogP contribution in [0, 0.1) is 5.92 Å². The Morgan fingerprint density at radius 2 is 1.46 bits per heavy atom. The molecule has 0 aliphatic carbocycles. The smallest absolute Gasteiger partial charge is 0.475 e. The second-order valence-electron chi connectivity index (χ2n) is 9.26. The number of carbonyl (C=O) groups excluding carboxylic acids is 2. The van der Waals surface area contributed by atoms with E-state index >= 15 is 0 Å². The zero-order valence-electron chi connectivity index (χ0n) is 21.4. The van der Waals surface area contributed by atoms with Crippen LogP contribution < -0.4 is 10.6 Å². The standard InChI is InChI=1S/C27H31N3O2.C2HF3O2/c31-26(28-15-12-21-6-2-1-3-7-21)23-13-17-30(18-14-23)19-16-29-27(32)25-11-10-22-8-4-5-9-24(22)20-25;3-2(4,5)1(6)7/h1-11,20,23H,12-19H2,(H,28,31)(H,29,32);(H,6,7). The lowest BCUT2D eigenvalue weighted by Gasteiger charge is -2.31. The molecule has 0 unspecified atom stereocenters. The van der Waals surface area contributed by atoms with Crippen molar-refractivity contribution in [2.24, 2.45) is 5.92 Å². The van der Waals surface area contributed by atoms with Gasteiger partial charge in [-0.05, 0) is 60.8 Å². The number of likely N-dealkylation sites (tertiary alicyclic amines) is 1. The number of nitrogens with one attached hydrogen (secondary N) is 2. The summed E-state index contributed by atoms with van der Waals surface area (Å²) < 4.78 is 31.7. The van der Waals surface area contributed by atoms with Gasteiger partial charge in [-0.25, -0.2) is 4.79 Å². The summed E-state index contributed by atoms with van der Waals surface area (Å²) in [5, 5.41) is 15.5. The van der Waals surface area contributed by atoms with Crippen LogP contribution in [0.2, 0.25) is 0 Å². The average molecular weight is 544 g/mol. The van der Waals surface area contributed by atoms with Gasteiger partial charge in [-0.3, -0.25) is 9.59 Å². The van der Waals surface area contributed by atoms with E-state index in [2.05, 4.69) is 27.7 Å². The second-order valence-corrected chi connectivity index (χ2v) is 9.26. The predicted octanol–water partition coefficient (Wildman–Crippen LogP) is 4.27. The average Bonchev–Trinajstić information content (AvgIpc) is 2.93. The number of fused-ring (bicyclic) bond motifs is 1. The number of carbonyl (C=O) groups is 3. The van der Waals surface area contributed by atoms with E-state index in [9.17, 15) is 22.8 Å². The summed E-state index contributed by atoms with van der Waals surface area (Å²) >= 11 is 0. The van der Waals surface area contributed by atoms with Gasteiger partial charge in [0.1, 0.15) is 0 Å². The number of hydrogen-bond acceptors (Lipinski definition) is 4. The predicted molar refractivity (Wildman–Crippen MR) is 142 cm³/mol. The minimum Gasteiger partial charge on any atom is -0.475 e. The number of halogens is 3. The lowest BCUT2D eigenvalue weighted by molar-refractivity contribution is -0.192. The summed E-state index contributed by atoms with van der Waals surface area (Å²) in [6.45, 7) is 3.89. The van der Waals surface area contributed by atoms with Crippen molar-refractivity contribution in [1.82, 2.24) is 15.5 Å². The fourth-order valence-corrected chi connectivity index (χ4v) is 4.30. The maximum atomic E-state index is 12.5. The Bertz CT molecular complexity index is 1240. The molecule has 0 atom stereocenters. The number of amides is 2. The minimum absolute atomic E-state index is 0.0385. The lowest BCUT2D eigenvalue weighted by atomic mass is 9.96. The first kappa shape index (κ1) is 29.6. The highest BCUT2D eigenvalue weighted by molar-refractivity contribution is 5.98. The molecule has 39 heavy (non-hydrogen) atoms. The van der Waals surface area contributed by atoms with Crippen molar-refractivity contribution in [3.05, 3.63) is 83.9 Å². The first-order valence-electron chi connectivity index (χ1n) is 12.7. The fourth-order valence-electron chi connectivity index (χ4n) is 4.30. The van der Waals surface area contributed by atoms with Crippen LogP contribution in [0.1, 0.15) is 28.8 Å². The summed E-state index contributed by atoms with van der Waals surface area (Å²) in [4.78, 5) is 36.2. The maximum Gasteiger partial charge on any atom is 0.490 e. The SMILES string of the molecule is O=C(NCCN1CCC(C(=O)NCCc2ccccc2)CC1)c1ccc2ccccc2c1.O=C(O)C(F)(F)F. The molecule has 0 bridgehead atoms. The summed E-state index contributed by atoms with van der Waals surface area (Å²) in [5.74, 6) is -2.53. The van der Waals surface area contributed by atoms with E-state index < -0.39 is 12.1 Å². The van der Waals surface area contributed by atoms with Crippen molar-refractivity contribution in [2.75, 3.05) is 32.7 Å². The van der Waals surface area contributed by atoms with E-state index in [4.69, 9.17) is 9.90 Å². The zero-order valence-corrected chi connectivity index (χ0v) is 21.4. The van der Waals surface area contributed by atoms with Crippen LogP contribution in [0.3, 0.4) is 0 Å². The van der Waals surface area contributed by atoms with Crippen LogP contribution >= 0.6 is 0 Å². The molecular formula is C29H32F3N3O4. The molecule has 1 saturated heterocycles. The van der Waals surface area contributed by atoms with Crippen LogP contribution in [0.5, 0.6) is 0 Å². The number of piperidine rings is 1. The molecule has 7 nitrogen and oxygen atoms in total. The summed E-state index contributed by atoms with van der Waals surface area (Å²) in [5.41, 5.74) is 1.93. The summed E-state index contributed by atoms with van der Waals surface area (Å²) in [6.07, 6.45) is -2.48. The third kappa shape index (κ3) is 9.72. The maximum absolute atomic E-state index is 12.5.